The van der Waals surface area contributed by atoms with Crippen molar-refractivity contribution < 1.29 is 14.7 Å². The SMILES string of the molecule is C/C=C/CCNC(=O)N1CCCCCC1C(=O)O. The Morgan fingerprint density at radius 3 is 2.83 bits per heavy atom. The monoisotopic (exact) mass is 254 g/mol. The summed E-state index contributed by atoms with van der Waals surface area (Å²) in [7, 11) is 0. The van der Waals surface area contributed by atoms with Crippen LogP contribution in [0.15, 0.2) is 12.2 Å². The molecule has 5 nitrogen and oxygen atoms in total. The normalized spacial score (nSPS) is 20.7. The van der Waals surface area contributed by atoms with Gasteiger partial charge in [-0.3, -0.25) is 0 Å². The number of likely N-dealkylation sites (tertiary alicyclic amines) is 1. The molecule has 2 N–H and O–H groups in total. The van der Waals surface area contributed by atoms with Crippen LogP contribution in [0.25, 0.3) is 0 Å². The molecule has 18 heavy (non-hydrogen) atoms. The van der Waals surface area contributed by atoms with Crippen LogP contribution in [-0.2, 0) is 4.79 Å². The molecular formula is C13H22N2O3. The molecule has 1 aliphatic heterocycles. The van der Waals surface area contributed by atoms with Crippen LogP contribution in [0.2, 0.25) is 0 Å². The third-order valence-corrected chi connectivity index (χ3v) is 3.12. The zero-order valence-corrected chi connectivity index (χ0v) is 10.9. The fourth-order valence-corrected chi connectivity index (χ4v) is 2.14. The van der Waals surface area contributed by atoms with Gasteiger partial charge in [0.2, 0.25) is 0 Å². The van der Waals surface area contributed by atoms with Crippen LogP contribution in [0.3, 0.4) is 0 Å². The molecule has 0 aromatic carbocycles. The first-order valence-corrected chi connectivity index (χ1v) is 6.55. The number of carboxylic acids is 1. The Kier molecular flexibility index (Phi) is 6.25. The molecule has 5 heteroatoms. The van der Waals surface area contributed by atoms with E-state index in [-0.39, 0.29) is 6.03 Å². The van der Waals surface area contributed by atoms with Gasteiger partial charge in [0, 0.05) is 13.1 Å². The van der Waals surface area contributed by atoms with E-state index in [1.54, 1.807) is 0 Å². The number of hydrogen-bond acceptors (Lipinski definition) is 2. The smallest absolute Gasteiger partial charge is 0.326 e. The number of rotatable bonds is 4. The summed E-state index contributed by atoms with van der Waals surface area (Å²) < 4.78 is 0. The first kappa shape index (κ1) is 14.5. The van der Waals surface area contributed by atoms with Gasteiger partial charge in [0.15, 0.2) is 0 Å². The van der Waals surface area contributed by atoms with E-state index < -0.39 is 12.0 Å². The summed E-state index contributed by atoms with van der Waals surface area (Å²) in [5.41, 5.74) is 0. The summed E-state index contributed by atoms with van der Waals surface area (Å²) >= 11 is 0. The topological polar surface area (TPSA) is 69.6 Å². The van der Waals surface area contributed by atoms with Crippen molar-refractivity contribution in [3.8, 4) is 0 Å². The van der Waals surface area contributed by atoms with Crippen LogP contribution in [0, 0.1) is 0 Å². The second-order valence-corrected chi connectivity index (χ2v) is 4.49. The van der Waals surface area contributed by atoms with Crippen molar-refractivity contribution in [3.05, 3.63) is 12.2 Å². The quantitative estimate of drug-likeness (QED) is 0.595. The van der Waals surface area contributed by atoms with Gasteiger partial charge in [-0.15, -0.1) is 0 Å². The predicted molar refractivity (Wildman–Crippen MR) is 69.4 cm³/mol. The van der Waals surface area contributed by atoms with Gasteiger partial charge < -0.3 is 15.3 Å². The minimum atomic E-state index is -0.902. The lowest BCUT2D eigenvalue weighted by Crippen LogP contribution is -2.49. The standard InChI is InChI=1S/C13H22N2O3/c1-2-3-6-9-14-13(18)15-10-7-4-5-8-11(15)12(16)17/h2-3,11H,4-10H2,1H3,(H,14,18)(H,16,17)/b3-2+. The predicted octanol–water partition coefficient (Wildman–Crippen LogP) is 1.99. The number of urea groups is 1. The molecule has 0 aliphatic carbocycles. The van der Waals surface area contributed by atoms with Crippen molar-refractivity contribution in [1.29, 1.82) is 0 Å². The molecule has 0 bridgehead atoms. The highest BCUT2D eigenvalue weighted by molar-refractivity contribution is 5.82. The van der Waals surface area contributed by atoms with Crippen LogP contribution in [0.1, 0.15) is 39.0 Å². The highest BCUT2D eigenvalue weighted by Gasteiger charge is 2.30. The van der Waals surface area contributed by atoms with Crippen molar-refractivity contribution in [2.75, 3.05) is 13.1 Å². The number of amides is 2. The zero-order chi connectivity index (χ0) is 13.4. The lowest BCUT2D eigenvalue weighted by atomic mass is 10.1. The second kappa shape index (κ2) is 7.74. The molecule has 1 saturated heterocycles. The van der Waals surface area contributed by atoms with E-state index in [0.29, 0.717) is 19.5 Å². The minimum Gasteiger partial charge on any atom is -0.480 e. The van der Waals surface area contributed by atoms with Gasteiger partial charge in [0.05, 0.1) is 0 Å². The maximum absolute atomic E-state index is 12.0. The number of hydrogen-bond donors (Lipinski definition) is 2. The number of aliphatic carboxylic acids is 1. The van der Waals surface area contributed by atoms with Gasteiger partial charge in [0.1, 0.15) is 6.04 Å². The van der Waals surface area contributed by atoms with E-state index >= 15 is 0 Å². The molecule has 0 radical (unpaired) electrons. The molecule has 1 fully saturated rings. The lowest BCUT2D eigenvalue weighted by molar-refractivity contribution is -0.142. The van der Waals surface area contributed by atoms with Crippen molar-refractivity contribution >= 4 is 12.0 Å². The maximum atomic E-state index is 12.0. The fourth-order valence-electron chi connectivity index (χ4n) is 2.14. The molecule has 1 heterocycles. The number of carboxylic acid groups (broad SMARTS) is 1. The largest absolute Gasteiger partial charge is 0.480 e. The summed E-state index contributed by atoms with van der Waals surface area (Å²) in [6.07, 6.45) is 7.97. The number of nitrogens with zero attached hydrogens (tertiary/aromatic N) is 1. The number of allylic oxidation sites excluding steroid dienone is 1. The zero-order valence-electron chi connectivity index (χ0n) is 10.9. The molecule has 0 saturated carbocycles. The number of nitrogens with one attached hydrogen (secondary N) is 1. The average Bonchev–Trinajstić information content (AvgIpc) is 2.59. The van der Waals surface area contributed by atoms with Gasteiger partial charge in [-0.25, -0.2) is 9.59 Å². The molecule has 1 unspecified atom stereocenters. The Hall–Kier alpha value is -1.52. The third-order valence-electron chi connectivity index (χ3n) is 3.12. The highest BCUT2D eigenvalue weighted by Crippen LogP contribution is 2.17. The molecule has 0 aromatic rings. The van der Waals surface area contributed by atoms with Gasteiger partial charge in [0.25, 0.3) is 0 Å². The minimum absolute atomic E-state index is 0.256. The first-order chi connectivity index (χ1) is 8.66. The van der Waals surface area contributed by atoms with Crippen molar-refractivity contribution in [2.45, 2.75) is 45.1 Å². The first-order valence-electron chi connectivity index (χ1n) is 6.55. The average molecular weight is 254 g/mol. The fraction of sp³-hybridized carbons (Fsp3) is 0.692. The molecule has 102 valence electrons. The molecular weight excluding hydrogens is 232 g/mol. The van der Waals surface area contributed by atoms with E-state index in [2.05, 4.69) is 5.32 Å². The second-order valence-electron chi connectivity index (χ2n) is 4.49. The Morgan fingerprint density at radius 2 is 2.17 bits per heavy atom. The molecule has 0 spiro atoms. The van der Waals surface area contributed by atoms with Crippen molar-refractivity contribution in [1.82, 2.24) is 10.2 Å². The van der Waals surface area contributed by atoms with Gasteiger partial charge in [-0.05, 0) is 26.2 Å². The van der Waals surface area contributed by atoms with E-state index in [9.17, 15) is 9.59 Å². The summed E-state index contributed by atoms with van der Waals surface area (Å²) in [5, 5.41) is 11.9. The Balaban J connectivity index is 2.52. The van der Waals surface area contributed by atoms with Crippen LogP contribution < -0.4 is 5.32 Å². The van der Waals surface area contributed by atoms with E-state index in [4.69, 9.17) is 5.11 Å². The van der Waals surface area contributed by atoms with Crippen molar-refractivity contribution in [2.24, 2.45) is 0 Å². The van der Waals surface area contributed by atoms with Gasteiger partial charge >= 0.3 is 12.0 Å². The summed E-state index contributed by atoms with van der Waals surface area (Å²) in [4.78, 5) is 24.6. The van der Waals surface area contributed by atoms with Crippen LogP contribution in [0.5, 0.6) is 0 Å². The van der Waals surface area contributed by atoms with E-state index in [1.807, 2.05) is 19.1 Å². The molecule has 1 atom stereocenters. The molecule has 1 rings (SSSR count). The maximum Gasteiger partial charge on any atom is 0.326 e. The Morgan fingerprint density at radius 1 is 1.39 bits per heavy atom. The van der Waals surface area contributed by atoms with Gasteiger partial charge in [-0.2, -0.15) is 0 Å². The highest BCUT2D eigenvalue weighted by atomic mass is 16.4. The third kappa shape index (κ3) is 4.39. The van der Waals surface area contributed by atoms with Crippen molar-refractivity contribution in [3.63, 3.8) is 0 Å². The summed E-state index contributed by atoms with van der Waals surface area (Å²) in [6, 6.07) is -0.928. The summed E-state index contributed by atoms with van der Waals surface area (Å²) in [5.74, 6) is -0.902. The molecule has 2 amide bonds. The number of carbonyl (C=O) groups is 2. The lowest BCUT2D eigenvalue weighted by Gasteiger charge is -2.27. The van der Waals surface area contributed by atoms with E-state index in [1.165, 1.54) is 4.90 Å². The van der Waals surface area contributed by atoms with Crippen LogP contribution in [0.4, 0.5) is 4.79 Å². The summed E-state index contributed by atoms with van der Waals surface area (Å²) in [6.45, 7) is 3.01. The molecule has 0 aromatic heterocycles. The molecule has 1 aliphatic rings. The number of carbonyl (C=O) groups excluding carboxylic acids is 1. The van der Waals surface area contributed by atoms with Crippen LogP contribution in [-0.4, -0.2) is 41.1 Å². The van der Waals surface area contributed by atoms with Gasteiger partial charge in [-0.1, -0.05) is 25.0 Å². The Labute approximate surface area is 108 Å². The Bertz CT molecular complexity index is 315. The van der Waals surface area contributed by atoms with E-state index in [0.717, 1.165) is 25.7 Å². The van der Waals surface area contributed by atoms with Crippen LogP contribution >= 0.6 is 0 Å².